The summed E-state index contributed by atoms with van der Waals surface area (Å²) in [6.45, 7) is 6.11. The number of nitrogens with zero attached hydrogens (tertiary/aromatic N) is 3. The standard InChI is InChI=1S/C13H21N3O3/c1-9-10(2)16(6-5-15(9)3)13(17)12-7-11(8-18-4)19-14-12/h7,9-10H,5-6,8H2,1-4H3/t9-,10-/m1/s1. The Kier molecular flexibility index (Phi) is 4.21. The molecule has 0 radical (unpaired) electrons. The fraction of sp³-hybridized carbons (Fsp3) is 0.692. The molecule has 2 rings (SSSR count). The van der Waals surface area contributed by atoms with E-state index in [0.717, 1.165) is 6.54 Å². The van der Waals surface area contributed by atoms with E-state index in [2.05, 4.69) is 31.0 Å². The van der Waals surface area contributed by atoms with Crippen molar-refractivity contribution in [3.05, 3.63) is 17.5 Å². The van der Waals surface area contributed by atoms with Gasteiger partial charge in [-0.1, -0.05) is 5.16 Å². The minimum absolute atomic E-state index is 0.0708. The maximum absolute atomic E-state index is 12.4. The average Bonchev–Trinajstić information content (AvgIpc) is 2.85. The zero-order valence-corrected chi connectivity index (χ0v) is 11.9. The molecule has 0 aromatic carbocycles. The van der Waals surface area contributed by atoms with Crippen LogP contribution in [0.3, 0.4) is 0 Å². The van der Waals surface area contributed by atoms with Gasteiger partial charge in [-0.15, -0.1) is 0 Å². The molecular formula is C13H21N3O3. The molecule has 19 heavy (non-hydrogen) atoms. The lowest BCUT2D eigenvalue weighted by Crippen LogP contribution is -2.57. The Balaban J connectivity index is 2.10. The number of ether oxygens (including phenoxy) is 1. The van der Waals surface area contributed by atoms with E-state index in [0.29, 0.717) is 30.6 Å². The third kappa shape index (κ3) is 2.79. The molecular weight excluding hydrogens is 246 g/mol. The van der Waals surface area contributed by atoms with Crippen LogP contribution in [0.15, 0.2) is 10.6 Å². The van der Waals surface area contributed by atoms with Gasteiger partial charge in [0.25, 0.3) is 5.91 Å². The molecule has 1 aliphatic rings. The summed E-state index contributed by atoms with van der Waals surface area (Å²) >= 11 is 0. The van der Waals surface area contributed by atoms with Crippen LogP contribution in [0.1, 0.15) is 30.1 Å². The van der Waals surface area contributed by atoms with Crippen molar-refractivity contribution in [2.75, 3.05) is 27.2 Å². The van der Waals surface area contributed by atoms with Gasteiger partial charge in [0.1, 0.15) is 6.61 Å². The molecule has 0 bridgehead atoms. The van der Waals surface area contributed by atoms with Crippen LogP contribution >= 0.6 is 0 Å². The molecule has 0 spiro atoms. The molecule has 0 aliphatic carbocycles. The number of piperazine rings is 1. The van der Waals surface area contributed by atoms with E-state index in [1.165, 1.54) is 0 Å². The third-order valence-corrected chi connectivity index (χ3v) is 3.90. The molecule has 6 heteroatoms. The van der Waals surface area contributed by atoms with Gasteiger partial charge in [-0.05, 0) is 20.9 Å². The maximum atomic E-state index is 12.4. The van der Waals surface area contributed by atoms with Crippen molar-refractivity contribution < 1.29 is 14.1 Å². The van der Waals surface area contributed by atoms with Crippen LogP contribution in [0.4, 0.5) is 0 Å². The van der Waals surface area contributed by atoms with Gasteiger partial charge in [0.15, 0.2) is 11.5 Å². The Hall–Kier alpha value is -1.40. The number of likely N-dealkylation sites (N-methyl/N-ethyl adjacent to an activating group) is 1. The number of methoxy groups -OCH3 is 1. The Labute approximate surface area is 113 Å². The van der Waals surface area contributed by atoms with E-state index in [1.54, 1.807) is 13.2 Å². The summed E-state index contributed by atoms with van der Waals surface area (Å²) < 4.78 is 10.0. The van der Waals surface area contributed by atoms with Gasteiger partial charge in [-0.25, -0.2) is 0 Å². The highest BCUT2D eigenvalue weighted by atomic mass is 16.5. The molecule has 106 valence electrons. The van der Waals surface area contributed by atoms with E-state index in [9.17, 15) is 4.79 Å². The Bertz CT molecular complexity index is 446. The van der Waals surface area contributed by atoms with Gasteiger partial charge < -0.3 is 14.2 Å². The first-order chi connectivity index (χ1) is 9.04. The van der Waals surface area contributed by atoms with Crippen molar-refractivity contribution in [2.24, 2.45) is 0 Å². The molecule has 1 aromatic rings. The molecule has 2 heterocycles. The Morgan fingerprint density at radius 2 is 2.21 bits per heavy atom. The van der Waals surface area contributed by atoms with E-state index in [-0.39, 0.29) is 11.9 Å². The quantitative estimate of drug-likeness (QED) is 0.817. The zero-order valence-electron chi connectivity index (χ0n) is 11.9. The molecule has 0 N–H and O–H groups in total. The average molecular weight is 267 g/mol. The van der Waals surface area contributed by atoms with Crippen LogP contribution in [-0.2, 0) is 11.3 Å². The molecule has 1 aromatic heterocycles. The summed E-state index contributed by atoms with van der Waals surface area (Å²) in [6.07, 6.45) is 0. The van der Waals surface area contributed by atoms with Gasteiger partial charge in [-0.3, -0.25) is 9.69 Å². The lowest BCUT2D eigenvalue weighted by atomic mass is 10.0. The number of aromatic nitrogens is 1. The fourth-order valence-corrected chi connectivity index (χ4v) is 2.36. The molecule has 0 saturated carbocycles. The van der Waals surface area contributed by atoms with Crippen LogP contribution in [0.5, 0.6) is 0 Å². The first-order valence-electron chi connectivity index (χ1n) is 6.50. The van der Waals surface area contributed by atoms with Crippen molar-refractivity contribution in [1.29, 1.82) is 0 Å². The largest absolute Gasteiger partial charge is 0.377 e. The van der Waals surface area contributed by atoms with Gasteiger partial charge in [-0.2, -0.15) is 0 Å². The number of hydrogen-bond donors (Lipinski definition) is 0. The topological polar surface area (TPSA) is 58.8 Å². The first-order valence-corrected chi connectivity index (χ1v) is 6.50. The maximum Gasteiger partial charge on any atom is 0.276 e. The highest BCUT2D eigenvalue weighted by molar-refractivity contribution is 5.92. The van der Waals surface area contributed by atoms with E-state index in [1.807, 2.05) is 4.90 Å². The van der Waals surface area contributed by atoms with Crippen molar-refractivity contribution in [2.45, 2.75) is 32.5 Å². The molecule has 6 nitrogen and oxygen atoms in total. The van der Waals surface area contributed by atoms with Crippen molar-refractivity contribution in [3.8, 4) is 0 Å². The minimum Gasteiger partial charge on any atom is -0.377 e. The minimum atomic E-state index is -0.0708. The normalized spacial score (nSPS) is 24.7. The summed E-state index contributed by atoms with van der Waals surface area (Å²) in [5.74, 6) is 0.499. The number of hydrogen-bond acceptors (Lipinski definition) is 5. The first kappa shape index (κ1) is 14.0. The highest BCUT2D eigenvalue weighted by Gasteiger charge is 2.33. The second-order valence-electron chi connectivity index (χ2n) is 5.07. The van der Waals surface area contributed by atoms with Crippen molar-refractivity contribution >= 4 is 5.91 Å². The molecule has 1 amide bonds. The van der Waals surface area contributed by atoms with Gasteiger partial charge in [0.05, 0.1) is 0 Å². The zero-order chi connectivity index (χ0) is 14.0. The van der Waals surface area contributed by atoms with Crippen LogP contribution in [0, 0.1) is 0 Å². The Morgan fingerprint density at radius 1 is 1.47 bits per heavy atom. The summed E-state index contributed by atoms with van der Waals surface area (Å²) in [4.78, 5) is 16.5. The molecule has 1 fully saturated rings. The summed E-state index contributed by atoms with van der Waals surface area (Å²) in [5, 5.41) is 3.83. The van der Waals surface area contributed by atoms with Crippen LogP contribution < -0.4 is 0 Å². The van der Waals surface area contributed by atoms with Gasteiger partial charge in [0.2, 0.25) is 0 Å². The van der Waals surface area contributed by atoms with Gasteiger partial charge in [0, 0.05) is 38.3 Å². The number of rotatable bonds is 3. The lowest BCUT2D eigenvalue weighted by molar-refractivity contribution is 0.0355. The Morgan fingerprint density at radius 3 is 2.89 bits per heavy atom. The van der Waals surface area contributed by atoms with Crippen molar-refractivity contribution in [1.82, 2.24) is 15.0 Å². The molecule has 2 atom stereocenters. The SMILES string of the molecule is COCc1cc(C(=O)N2CCN(C)[C@H](C)[C@H]2C)no1. The monoisotopic (exact) mass is 267 g/mol. The van der Waals surface area contributed by atoms with Crippen LogP contribution in [-0.4, -0.2) is 60.2 Å². The number of amides is 1. The lowest BCUT2D eigenvalue weighted by Gasteiger charge is -2.43. The van der Waals surface area contributed by atoms with E-state index in [4.69, 9.17) is 9.26 Å². The van der Waals surface area contributed by atoms with E-state index >= 15 is 0 Å². The summed E-state index contributed by atoms with van der Waals surface area (Å²) in [6, 6.07) is 2.15. The fourth-order valence-electron chi connectivity index (χ4n) is 2.36. The smallest absolute Gasteiger partial charge is 0.276 e. The van der Waals surface area contributed by atoms with Crippen LogP contribution in [0.2, 0.25) is 0 Å². The molecule has 1 saturated heterocycles. The van der Waals surface area contributed by atoms with E-state index < -0.39 is 0 Å². The van der Waals surface area contributed by atoms with Gasteiger partial charge >= 0.3 is 0 Å². The molecule has 1 aliphatic heterocycles. The second kappa shape index (κ2) is 5.71. The summed E-state index contributed by atoms with van der Waals surface area (Å²) in [7, 11) is 3.66. The predicted molar refractivity (Wildman–Crippen MR) is 69.8 cm³/mol. The second-order valence-corrected chi connectivity index (χ2v) is 5.07. The number of carbonyl (C=O) groups excluding carboxylic acids is 1. The van der Waals surface area contributed by atoms with Crippen molar-refractivity contribution in [3.63, 3.8) is 0 Å². The highest BCUT2D eigenvalue weighted by Crippen LogP contribution is 2.18. The number of carbonyl (C=O) groups is 1. The molecule has 0 unspecified atom stereocenters. The van der Waals surface area contributed by atoms with Crippen LogP contribution in [0.25, 0.3) is 0 Å². The summed E-state index contributed by atoms with van der Waals surface area (Å²) in [5.41, 5.74) is 0.357. The third-order valence-electron chi connectivity index (χ3n) is 3.90. The predicted octanol–water partition coefficient (Wildman–Crippen LogP) is 0.986.